The second-order valence-corrected chi connectivity index (χ2v) is 17.6. The zero-order chi connectivity index (χ0) is 50.9. The standard InChI is InChI=1S/C49H60ClN11O9/c1-28(42(51)63)55-47(68)41-14-9-23-61(41)48(69)37(13-8-22-54-49(52)70)58-43(64)29(2)56-44(65)40(27-36-12-6-7-21-53-36)60-46(67)39(25-31-16-19-35(50)20-17-31)59-45(66)38(57-30(3)62)26-32-15-18-33-10-4-5-11-34(33)24-32/h4-7,10-12,15-21,24,28-29,37-41H,8-9,13-14,22-23,25-27H2,1-3H3,(H2,51,63)(H,55,68)(H,56,65)(H,57,62)(H,58,64)(H,59,66)(H,60,67)(H3,52,54,70)/t28-,29-,37?,38-,39+,40+,41+/m0/s1. The number of primary amides is 2. The summed E-state index contributed by atoms with van der Waals surface area (Å²) in [6, 6.07) is 16.0. The number of urea groups is 1. The minimum absolute atomic E-state index is 0.00180. The Morgan fingerprint density at radius 2 is 1.27 bits per heavy atom. The molecule has 1 aromatic heterocycles. The Kier molecular flexibility index (Phi) is 19.6. The van der Waals surface area contributed by atoms with Gasteiger partial charge in [-0.3, -0.25) is 43.3 Å². The first-order chi connectivity index (χ1) is 33.4. The van der Waals surface area contributed by atoms with E-state index in [1.807, 2.05) is 42.5 Å². The Balaban J connectivity index is 1.35. The van der Waals surface area contributed by atoms with Gasteiger partial charge < -0.3 is 53.6 Å². The number of carbonyl (C=O) groups excluding carboxylic acids is 9. The van der Waals surface area contributed by atoms with Crippen molar-refractivity contribution < 1.29 is 43.2 Å². The molecular weight excluding hydrogens is 922 g/mol. The van der Waals surface area contributed by atoms with Crippen molar-refractivity contribution in [1.82, 2.24) is 47.1 Å². The number of amides is 10. The van der Waals surface area contributed by atoms with Crippen LogP contribution in [0.2, 0.25) is 5.02 Å². The van der Waals surface area contributed by atoms with Crippen molar-refractivity contribution in [1.29, 1.82) is 0 Å². The number of rotatable bonds is 23. The van der Waals surface area contributed by atoms with Crippen LogP contribution in [0, 0.1) is 0 Å². The molecule has 0 bridgehead atoms. The number of pyridine rings is 1. The highest BCUT2D eigenvalue weighted by Crippen LogP contribution is 2.21. The topological polar surface area (TPSA) is 306 Å². The SMILES string of the molecule is CC(=O)N[C@@H](Cc1ccc2ccccc2c1)C(=O)N[C@H](Cc1ccc(Cl)cc1)C(=O)N[C@H](Cc1ccccn1)C(=O)N[C@@H](C)C(=O)NC(CCCNC(N)=O)C(=O)N1CCC[C@@H]1C(=O)N[C@@H](C)C(N)=O. The molecule has 1 aliphatic heterocycles. The molecule has 1 aliphatic rings. The predicted octanol–water partition coefficient (Wildman–Crippen LogP) is 0.809. The van der Waals surface area contributed by atoms with Crippen LogP contribution in [-0.4, -0.2) is 119 Å². The molecule has 11 N–H and O–H groups in total. The van der Waals surface area contributed by atoms with Crippen molar-refractivity contribution in [2.24, 2.45) is 11.5 Å². The summed E-state index contributed by atoms with van der Waals surface area (Å²) in [4.78, 5) is 125. The van der Waals surface area contributed by atoms with Gasteiger partial charge >= 0.3 is 6.03 Å². The molecule has 0 radical (unpaired) electrons. The molecule has 4 aromatic rings. The lowest BCUT2D eigenvalue weighted by Crippen LogP contribution is -2.60. The summed E-state index contributed by atoms with van der Waals surface area (Å²) in [7, 11) is 0. The third kappa shape index (κ3) is 16.0. The van der Waals surface area contributed by atoms with E-state index in [2.05, 4.69) is 42.2 Å². The molecule has 1 unspecified atom stereocenters. The van der Waals surface area contributed by atoms with Crippen LogP contribution in [-0.2, 0) is 57.6 Å². The second kappa shape index (κ2) is 25.7. The van der Waals surface area contributed by atoms with Crippen LogP contribution >= 0.6 is 11.6 Å². The van der Waals surface area contributed by atoms with Gasteiger partial charge in [0.25, 0.3) is 0 Å². The van der Waals surface area contributed by atoms with E-state index < -0.39 is 95.6 Å². The molecule has 372 valence electrons. The average Bonchev–Trinajstić information content (AvgIpc) is 3.83. The van der Waals surface area contributed by atoms with Crippen molar-refractivity contribution in [2.45, 2.75) is 108 Å². The van der Waals surface area contributed by atoms with Gasteiger partial charge in [-0.2, -0.15) is 0 Å². The van der Waals surface area contributed by atoms with Crippen LogP contribution in [0.3, 0.4) is 0 Å². The average molecular weight is 983 g/mol. The molecule has 2 heterocycles. The van der Waals surface area contributed by atoms with Gasteiger partial charge in [-0.1, -0.05) is 72.3 Å². The summed E-state index contributed by atoms with van der Waals surface area (Å²) in [5.41, 5.74) is 12.3. The number of benzene rings is 3. The van der Waals surface area contributed by atoms with Crippen molar-refractivity contribution in [3.05, 3.63) is 113 Å². The van der Waals surface area contributed by atoms with Crippen LogP contribution in [0.5, 0.6) is 0 Å². The van der Waals surface area contributed by atoms with E-state index >= 15 is 0 Å². The summed E-state index contributed by atoms with van der Waals surface area (Å²) in [5.74, 6) is -5.47. The molecule has 1 saturated heterocycles. The minimum Gasteiger partial charge on any atom is -0.368 e. The monoisotopic (exact) mass is 981 g/mol. The highest BCUT2D eigenvalue weighted by molar-refractivity contribution is 6.30. The van der Waals surface area contributed by atoms with Gasteiger partial charge in [-0.05, 0) is 85.7 Å². The minimum atomic E-state index is -1.37. The van der Waals surface area contributed by atoms with Gasteiger partial charge in [-0.25, -0.2) is 4.79 Å². The third-order valence-electron chi connectivity index (χ3n) is 11.7. The van der Waals surface area contributed by atoms with Gasteiger partial charge in [0.2, 0.25) is 47.3 Å². The normalized spacial score (nSPS) is 15.7. The molecule has 3 aromatic carbocycles. The van der Waals surface area contributed by atoms with Crippen molar-refractivity contribution in [3.63, 3.8) is 0 Å². The van der Waals surface area contributed by atoms with Crippen molar-refractivity contribution in [2.75, 3.05) is 13.1 Å². The number of carbonyl (C=O) groups is 9. The van der Waals surface area contributed by atoms with Gasteiger partial charge in [-0.15, -0.1) is 0 Å². The highest BCUT2D eigenvalue weighted by Gasteiger charge is 2.39. The Bertz CT molecular complexity index is 2530. The summed E-state index contributed by atoms with van der Waals surface area (Å²) < 4.78 is 0. The summed E-state index contributed by atoms with van der Waals surface area (Å²) in [5, 5.41) is 20.8. The molecule has 1 fully saturated rings. The van der Waals surface area contributed by atoms with E-state index in [-0.39, 0.29) is 51.6 Å². The van der Waals surface area contributed by atoms with E-state index in [1.54, 1.807) is 42.5 Å². The number of nitrogens with two attached hydrogens (primary N) is 2. The first-order valence-corrected chi connectivity index (χ1v) is 23.3. The van der Waals surface area contributed by atoms with Gasteiger partial charge in [0.15, 0.2) is 0 Å². The van der Waals surface area contributed by atoms with Gasteiger partial charge in [0.1, 0.15) is 42.3 Å². The number of halogens is 1. The molecule has 0 saturated carbocycles. The summed E-state index contributed by atoms with van der Waals surface area (Å²) in [6.07, 6.45) is 2.33. The molecular formula is C49H60ClN11O9. The van der Waals surface area contributed by atoms with Crippen LogP contribution < -0.4 is 48.7 Å². The predicted molar refractivity (Wildman–Crippen MR) is 260 cm³/mol. The Morgan fingerprint density at radius 1 is 0.671 bits per heavy atom. The first-order valence-electron chi connectivity index (χ1n) is 22.9. The van der Waals surface area contributed by atoms with Crippen LogP contribution in [0.15, 0.2) is 91.1 Å². The summed E-state index contributed by atoms with van der Waals surface area (Å²) in [6.45, 7) is 4.31. The highest BCUT2D eigenvalue weighted by atomic mass is 35.5. The van der Waals surface area contributed by atoms with Crippen LogP contribution in [0.25, 0.3) is 10.8 Å². The van der Waals surface area contributed by atoms with E-state index in [0.717, 1.165) is 16.3 Å². The largest absolute Gasteiger partial charge is 0.368 e. The Labute approximate surface area is 410 Å². The number of fused-ring (bicyclic) bond motifs is 1. The first kappa shape index (κ1) is 53.3. The molecule has 0 spiro atoms. The molecule has 5 rings (SSSR count). The lowest BCUT2D eigenvalue weighted by atomic mass is 9.99. The lowest BCUT2D eigenvalue weighted by molar-refractivity contribution is -0.142. The van der Waals surface area contributed by atoms with Crippen molar-refractivity contribution in [3.8, 4) is 0 Å². The van der Waals surface area contributed by atoms with Crippen molar-refractivity contribution >= 4 is 75.7 Å². The quantitative estimate of drug-likeness (QED) is 0.0471. The molecule has 7 atom stereocenters. The fraction of sp³-hybridized carbons (Fsp3) is 0.388. The van der Waals surface area contributed by atoms with Gasteiger partial charge in [0.05, 0.1) is 0 Å². The summed E-state index contributed by atoms with van der Waals surface area (Å²) >= 11 is 6.16. The molecule has 70 heavy (non-hydrogen) atoms. The zero-order valence-electron chi connectivity index (χ0n) is 39.2. The maximum absolute atomic E-state index is 14.5. The van der Waals surface area contributed by atoms with E-state index in [0.29, 0.717) is 22.7 Å². The van der Waals surface area contributed by atoms with Crippen LogP contribution in [0.1, 0.15) is 63.3 Å². The third-order valence-corrected chi connectivity index (χ3v) is 11.9. The zero-order valence-corrected chi connectivity index (χ0v) is 39.9. The lowest BCUT2D eigenvalue weighted by Gasteiger charge is -2.30. The molecule has 0 aliphatic carbocycles. The number of hydrogen-bond donors (Lipinski definition) is 9. The van der Waals surface area contributed by atoms with Crippen LogP contribution in [0.4, 0.5) is 4.79 Å². The number of nitrogens with one attached hydrogen (secondary N) is 7. The number of nitrogens with zero attached hydrogens (tertiary/aromatic N) is 2. The maximum Gasteiger partial charge on any atom is 0.312 e. The second-order valence-electron chi connectivity index (χ2n) is 17.2. The maximum atomic E-state index is 14.5. The van der Waals surface area contributed by atoms with Gasteiger partial charge in [0, 0.05) is 56.2 Å². The number of hydrogen-bond acceptors (Lipinski definition) is 10. The molecule has 20 nitrogen and oxygen atoms in total. The van der Waals surface area contributed by atoms with E-state index in [9.17, 15) is 43.2 Å². The van der Waals surface area contributed by atoms with E-state index in [4.69, 9.17) is 23.1 Å². The fourth-order valence-corrected chi connectivity index (χ4v) is 8.06. The Morgan fingerprint density at radius 3 is 1.91 bits per heavy atom. The number of aromatic nitrogens is 1. The fourth-order valence-electron chi connectivity index (χ4n) is 7.94. The van der Waals surface area contributed by atoms with E-state index in [1.165, 1.54) is 31.9 Å². The smallest absolute Gasteiger partial charge is 0.312 e. The Hall–Kier alpha value is -7.61. The molecule has 21 heteroatoms. The number of likely N-dealkylation sites (tertiary alicyclic amines) is 1. The molecule has 10 amide bonds.